The zero-order chi connectivity index (χ0) is 12.2. The Hall–Kier alpha value is -0.870. The SMILES string of the molecule is C1=C2C(CCN3CCCCC3)=NO[C@H]2NCCC1. The molecule has 0 aliphatic carbocycles. The highest BCUT2D eigenvalue weighted by molar-refractivity contribution is 6.01. The minimum atomic E-state index is 0.0313. The average molecular weight is 249 g/mol. The van der Waals surface area contributed by atoms with E-state index in [0.29, 0.717) is 0 Å². The third-order valence-corrected chi connectivity index (χ3v) is 4.07. The van der Waals surface area contributed by atoms with E-state index < -0.39 is 0 Å². The van der Waals surface area contributed by atoms with Crippen molar-refractivity contribution < 1.29 is 4.84 Å². The van der Waals surface area contributed by atoms with E-state index in [2.05, 4.69) is 21.4 Å². The highest BCUT2D eigenvalue weighted by atomic mass is 16.7. The van der Waals surface area contributed by atoms with Gasteiger partial charge in [-0.3, -0.25) is 5.32 Å². The Morgan fingerprint density at radius 3 is 3.06 bits per heavy atom. The molecule has 3 rings (SSSR count). The van der Waals surface area contributed by atoms with Gasteiger partial charge in [0, 0.05) is 18.5 Å². The van der Waals surface area contributed by atoms with Crippen LogP contribution in [0.3, 0.4) is 0 Å². The number of likely N-dealkylation sites (tertiary alicyclic amines) is 1. The molecule has 0 spiro atoms. The van der Waals surface area contributed by atoms with Gasteiger partial charge in [-0.25, -0.2) is 0 Å². The Balaban J connectivity index is 1.54. The molecule has 0 aromatic carbocycles. The third kappa shape index (κ3) is 2.75. The average Bonchev–Trinajstić information content (AvgIpc) is 2.65. The molecule has 100 valence electrons. The number of nitrogens with zero attached hydrogens (tertiary/aromatic N) is 2. The van der Waals surface area contributed by atoms with Crippen molar-refractivity contribution >= 4 is 5.71 Å². The van der Waals surface area contributed by atoms with Gasteiger partial charge >= 0.3 is 0 Å². The quantitative estimate of drug-likeness (QED) is 0.830. The Labute approximate surface area is 109 Å². The number of fused-ring (bicyclic) bond motifs is 1. The lowest BCUT2D eigenvalue weighted by Crippen LogP contribution is -2.33. The minimum absolute atomic E-state index is 0.0313. The predicted octanol–water partition coefficient (Wildman–Crippen LogP) is 1.88. The third-order valence-electron chi connectivity index (χ3n) is 4.07. The van der Waals surface area contributed by atoms with Crippen LogP contribution in [0.4, 0.5) is 0 Å². The first-order chi connectivity index (χ1) is 8.93. The topological polar surface area (TPSA) is 36.9 Å². The van der Waals surface area contributed by atoms with Crippen LogP contribution in [-0.2, 0) is 4.84 Å². The van der Waals surface area contributed by atoms with E-state index in [1.54, 1.807) is 0 Å². The molecule has 0 bridgehead atoms. The number of allylic oxidation sites excluding steroid dienone is 1. The van der Waals surface area contributed by atoms with Gasteiger partial charge in [-0.1, -0.05) is 17.7 Å². The molecule has 0 saturated carbocycles. The summed E-state index contributed by atoms with van der Waals surface area (Å²) in [6, 6.07) is 0. The van der Waals surface area contributed by atoms with Gasteiger partial charge in [-0.2, -0.15) is 0 Å². The lowest BCUT2D eigenvalue weighted by Gasteiger charge is -2.26. The zero-order valence-corrected chi connectivity index (χ0v) is 11.0. The van der Waals surface area contributed by atoms with Crippen LogP contribution in [0, 0.1) is 0 Å². The van der Waals surface area contributed by atoms with Crippen molar-refractivity contribution in [3.8, 4) is 0 Å². The van der Waals surface area contributed by atoms with Crippen LogP contribution in [0.1, 0.15) is 38.5 Å². The number of oxime groups is 1. The Kier molecular flexibility index (Phi) is 3.96. The molecule has 4 nitrogen and oxygen atoms in total. The Bertz CT molecular complexity index is 345. The first-order valence-electron chi connectivity index (χ1n) is 7.32. The molecule has 18 heavy (non-hydrogen) atoms. The van der Waals surface area contributed by atoms with Gasteiger partial charge in [0.25, 0.3) is 0 Å². The fourth-order valence-corrected chi connectivity index (χ4v) is 2.98. The van der Waals surface area contributed by atoms with Gasteiger partial charge in [0.1, 0.15) is 0 Å². The molecule has 3 aliphatic heterocycles. The van der Waals surface area contributed by atoms with Crippen molar-refractivity contribution in [3.63, 3.8) is 0 Å². The van der Waals surface area contributed by atoms with Crippen molar-refractivity contribution in [1.29, 1.82) is 0 Å². The molecule has 1 N–H and O–H groups in total. The predicted molar refractivity (Wildman–Crippen MR) is 72.5 cm³/mol. The molecule has 4 heteroatoms. The summed E-state index contributed by atoms with van der Waals surface area (Å²) in [5.41, 5.74) is 2.46. The lowest BCUT2D eigenvalue weighted by molar-refractivity contribution is 0.0807. The highest BCUT2D eigenvalue weighted by Gasteiger charge is 2.28. The molecule has 1 atom stereocenters. The molecule has 3 aliphatic rings. The van der Waals surface area contributed by atoms with Crippen LogP contribution in [0.2, 0.25) is 0 Å². The van der Waals surface area contributed by atoms with E-state index in [9.17, 15) is 0 Å². The van der Waals surface area contributed by atoms with E-state index in [4.69, 9.17) is 4.84 Å². The molecule has 0 aromatic heterocycles. The summed E-state index contributed by atoms with van der Waals surface area (Å²) in [7, 11) is 0. The van der Waals surface area contributed by atoms with Crippen molar-refractivity contribution in [2.45, 2.75) is 44.8 Å². The number of nitrogens with one attached hydrogen (secondary N) is 1. The molecule has 0 unspecified atom stereocenters. The Morgan fingerprint density at radius 2 is 2.17 bits per heavy atom. The first kappa shape index (κ1) is 12.2. The maximum Gasteiger partial charge on any atom is 0.206 e. The van der Waals surface area contributed by atoms with Crippen molar-refractivity contribution in [2.24, 2.45) is 5.16 Å². The van der Waals surface area contributed by atoms with Crippen LogP contribution in [0.5, 0.6) is 0 Å². The zero-order valence-electron chi connectivity index (χ0n) is 11.0. The van der Waals surface area contributed by atoms with Crippen LogP contribution in [-0.4, -0.2) is 43.0 Å². The summed E-state index contributed by atoms with van der Waals surface area (Å²) >= 11 is 0. The van der Waals surface area contributed by atoms with Crippen LogP contribution in [0.15, 0.2) is 16.8 Å². The monoisotopic (exact) mass is 249 g/mol. The second-order valence-electron chi connectivity index (χ2n) is 5.43. The summed E-state index contributed by atoms with van der Waals surface area (Å²) < 4.78 is 0. The normalized spacial score (nSPS) is 29.0. The highest BCUT2D eigenvalue weighted by Crippen LogP contribution is 2.21. The summed E-state index contributed by atoms with van der Waals surface area (Å²) in [6.45, 7) is 4.68. The molecular formula is C14H23N3O. The van der Waals surface area contributed by atoms with Gasteiger partial charge in [-0.15, -0.1) is 0 Å². The van der Waals surface area contributed by atoms with E-state index in [-0.39, 0.29) is 6.23 Å². The lowest BCUT2D eigenvalue weighted by atomic mass is 10.0. The van der Waals surface area contributed by atoms with Gasteiger partial charge in [0.15, 0.2) is 0 Å². The molecule has 3 heterocycles. The molecule has 1 saturated heterocycles. The van der Waals surface area contributed by atoms with Crippen molar-refractivity contribution in [3.05, 3.63) is 11.6 Å². The van der Waals surface area contributed by atoms with E-state index in [1.807, 2.05) is 0 Å². The molecule has 0 aromatic rings. The van der Waals surface area contributed by atoms with Crippen LogP contribution < -0.4 is 5.32 Å². The van der Waals surface area contributed by atoms with E-state index in [0.717, 1.165) is 25.9 Å². The number of hydrogen-bond acceptors (Lipinski definition) is 4. The molecule has 0 radical (unpaired) electrons. The first-order valence-corrected chi connectivity index (χ1v) is 7.32. The maximum atomic E-state index is 5.48. The number of rotatable bonds is 3. The minimum Gasteiger partial charge on any atom is -0.371 e. The molecule has 0 amide bonds. The summed E-state index contributed by atoms with van der Waals surface area (Å²) in [4.78, 5) is 8.04. The van der Waals surface area contributed by atoms with Gasteiger partial charge < -0.3 is 9.74 Å². The van der Waals surface area contributed by atoms with Crippen LogP contribution >= 0.6 is 0 Å². The van der Waals surface area contributed by atoms with E-state index in [1.165, 1.54) is 50.1 Å². The Morgan fingerprint density at radius 1 is 1.28 bits per heavy atom. The smallest absolute Gasteiger partial charge is 0.206 e. The molecular weight excluding hydrogens is 226 g/mol. The van der Waals surface area contributed by atoms with Crippen molar-refractivity contribution in [2.75, 3.05) is 26.2 Å². The maximum absolute atomic E-state index is 5.48. The molecule has 1 fully saturated rings. The second kappa shape index (κ2) is 5.85. The van der Waals surface area contributed by atoms with Crippen molar-refractivity contribution in [1.82, 2.24) is 10.2 Å². The fraction of sp³-hybridized carbons (Fsp3) is 0.786. The van der Waals surface area contributed by atoms with Gasteiger partial charge in [-0.05, 0) is 45.3 Å². The summed E-state index contributed by atoms with van der Waals surface area (Å²) in [5.74, 6) is 0. The summed E-state index contributed by atoms with van der Waals surface area (Å²) in [6.07, 6.45) is 9.83. The number of hydrogen-bond donors (Lipinski definition) is 1. The fourth-order valence-electron chi connectivity index (χ4n) is 2.98. The van der Waals surface area contributed by atoms with E-state index >= 15 is 0 Å². The standard InChI is InChI=1S/C14H23N3O/c1-4-9-17(10-5-1)11-7-13-12-6-2-3-8-15-14(12)18-16-13/h6,14-15H,1-5,7-11H2/t14-/m1/s1. The second-order valence-corrected chi connectivity index (χ2v) is 5.43. The van der Waals surface area contributed by atoms with Gasteiger partial charge in [0.2, 0.25) is 6.23 Å². The summed E-state index contributed by atoms with van der Waals surface area (Å²) in [5, 5.41) is 7.66. The van der Waals surface area contributed by atoms with Gasteiger partial charge in [0.05, 0.1) is 5.71 Å². The largest absolute Gasteiger partial charge is 0.371 e. The van der Waals surface area contributed by atoms with Crippen LogP contribution in [0.25, 0.3) is 0 Å². The number of piperidine rings is 1.